The zero-order valence-electron chi connectivity index (χ0n) is 12.0. The van der Waals surface area contributed by atoms with Crippen LogP contribution in [0.15, 0.2) is 10.7 Å². The Labute approximate surface area is 118 Å². The second-order valence-corrected chi connectivity index (χ2v) is 5.46. The first kappa shape index (κ1) is 14.6. The van der Waals surface area contributed by atoms with Gasteiger partial charge in [0.05, 0.1) is 11.8 Å². The molecule has 0 spiro atoms. The summed E-state index contributed by atoms with van der Waals surface area (Å²) in [4.78, 5) is 25.3. The SMILES string of the molecule is CCC1CCCN(C(=O)c2c(C)coc2CC(=O)O)C1. The Kier molecular flexibility index (Phi) is 4.47. The number of carboxylic acid groups (broad SMARTS) is 1. The monoisotopic (exact) mass is 279 g/mol. The van der Waals surface area contributed by atoms with E-state index < -0.39 is 5.97 Å². The molecule has 0 bridgehead atoms. The van der Waals surface area contributed by atoms with E-state index in [2.05, 4.69) is 6.92 Å². The summed E-state index contributed by atoms with van der Waals surface area (Å²) in [6.45, 7) is 5.42. The highest BCUT2D eigenvalue weighted by molar-refractivity contribution is 5.97. The van der Waals surface area contributed by atoms with Crippen LogP contribution < -0.4 is 0 Å². The molecule has 1 amide bonds. The maximum atomic E-state index is 12.6. The van der Waals surface area contributed by atoms with Crippen molar-refractivity contribution >= 4 is 11.9 Å². The van der Waals surface area contributed by atoms with Crippen LogP contribution in [0.1, 0.15) is 47.9 Å². The number of aliphatic carboxylic acids is 1. The molecular weight excluding hydrogens is 258 g/mol. The number of furan rings is 1. The van der Waals surface area contributed by atoms with Crippen molar-refractivity contribution in [2.45, 2.75) is 39.5 Å². The second-order valence-electron chi connectivity index (χ2n) is 5.46. The lowest BCUT2D eigenvalue weighted by atomic mass is 9.95. The van der Waals surface area contributed by atoms with E-state index in [9.17, 15) is 9.59 Å². The van der Waals surface area contributed by atoms with Gasteiger partial charge in [-0.1, -0.05) is 13.3 Å². The van der Waals surface area contributed by atoms with Crippen LogP contribution in [0.2, 0.25) is 0 Å². The molecule has 1 aliphatic rings. The molecule has 5 heteroatoms. The van der Waals surface area contributed by atoms with Gasteiger partial charge in [-0.2, -0.15) is 0 Å². The van der Waals surface area contributed by atoms with E-state index in [0.29, 0.717) is 17.0 Å². The summed E-state index contributed by atoms with van der Waals surface area (Å²) in [5.74, 6) is -0.273. The van der Waals surface area contributed by atoms with Crippen molar-refractivity contribution in [3.8, 4) is 0 Å². The maximum Gasteiger partial charge on any atom is 0.311 e. The van der Waals surface area contributed by atoms with Gasteiger partial charge in [0.15, 0.2) is 0 Å². The van der Waals surface area contributed by atoms with Gasteiger partial charge in [0.2, 0.25) is 0 Å². The standard InChI is InChI=1S/C15H21NO4/c1-3-11-5-4-6-16(8-11)15(19)14-10(2)9-20-12(14)7-13(17)18/h9,11H,3-8H2,1-2H3,(H,17,18). The molecule has 1 aromatic rings. The van der Waals surface area contributed by atoms with Crippen LogP contribution in [0.5, 0.6) is 0 Å². The number of likely N-dealkylation sites (tertiary alicyclic amines) is 1. The van der Waals surface area contributed by atoms with Crippen molar-refractivity contribution in [2.75, 3.05) is 13.1 Å². The average molecular weight is 279 g/mol. The fourth-order valence-corrected chi connectivity index (χ4v) is 2.79. The number of rotatable bonds is 4. The second kappa shape index (κ2) is 6.11. The van der Waals surface area contributed by atoms with Crippen molar-refractivity contribution in [2.24, 2.45) is 5.92 Å². The highest BCUT2D eigenvalue weighted by Gasteiger charge is 2.28. The fourth-order valence-electron chi connectivity index (χ4n) is 2.79. The Bertz CT molecular complexity index is 506. The van der Waals surface area contributed by atoms with Crippen LogP contribution in [0.4, 0.5) is 0 Å². The van der Waals surface area contributed by atoms with Gasteiger partial charge in [-0.3, -0.25) is 9.59 Å². The molecule has 0 aromatic carbocycles. The quantitative estimate of drug-likeness (QED) is 0.919. The zero-order chi connectivity index (χ0) is 14.7. The number of nitrogens with zero attached hydrogens (tertiary/aromatic N) is 1. The summed E-state index contributed by atoms with van der Waals surface area (Å²) in [5, 5.41) is 8.89. The first-order chi connectivity index (χ1) is 9.52. The molecule has 20 heavy (non-hydrogen) atoms. The number of carboxylic acids is 1. The molecule has 1 saturated heterocycles. The van der Waals surface area contributed by atoms with Gasteiger partial charge >= 0.3 is 5.97 Å². The molecule has 5 nitrogen and oxygen atoms in total. The lowest BCUT2D eigenvalue weighted by molar-refractivity contribution is -0.136. The van der Waals surface area contributed by atoms with Crippen LogP contribution in [-0.4, -0.2) is 35.0 Å². The molecule has 110 valence electrons. The number of piperidine rings is 1. The van der Waals surface area contributed by atoms with E-state index in [1.165, 1.54) is 6.26 Å². The van der Waals surface area contributed by atoms with Gasteiger partial charge in [-0.25, -0.2) is 0 Å². The van der Waals surface area contributed by atoms with Crippen molar-refractivity contribution in [1.29, 1.82) is 0 Å². The molecule has 0 aliphatic carbocycles. The summed E-state index contributed by atoms with van der Waals surface area (Å²) >= 11 is 0. The summed E-state index contributed by atoms with van der Waals surface area (Å²) in [6, 6.07) is 0. The van der Waals surface area contributed by atoms with Crippen LogP contribution >= 0.6 is 0 Å². The van der Waals surface area contributed by atoms with Gasteiger partial charge < -0.3 is 14.4 Å². The first-order valence-corrected chi connectivity index (χ1v) is 7.11. The summed E-state index contributed by atoms with van der Waals surface area (Å²) in [7, 11) is 0. The Morgan fingerprint density at radius 1 is 1.50 bits per heavy atom. The molecule has 2 rings (SSSR count). The molecule has 1 fully saturated rings. The maximum absolute atomic E-state index is 12.6. The highest BCUT2D eigenvalue weighted by atomic mass is 16.4. The number of hydrogen-bond donors (Lipinski definition) is 1. The van der Waals surface area contributed by atoms with E-state index in [-0.39, 0.29) is 18.1 Å². The van der Waals surface area contributed by atoms with Crippen molar-refractivity contribution in [3.63, 3.8) is 0 Å². The minimum Gasteiger partial charge on any atom is -0.481 e. The van der Waals surface area contributed by atoms with Crippen molar-refractivity contribution in [3.05, 3.63) is 23.2 Å². The van der Waals surface area contributed by atoms with Crippen LogP contribution in [0.25, 0.3) is 0 Å². The van der Waals surface area contributed by atoms with E-state index in [0.717, 1.165) is 32.4 Å². The molecule has 1 unspecified atom stereocenters. The Morgan fingerprint density at radius 2 is 2.25 bits per heavy atom. The van der Waals surface area contributed by atoms with Crippen LogP contribution in [-0.2, 0) is 11.2 Å². The summed E-state index contributed by atoms with van der Waals surface area (Å²) in [5.41, 5.74) is 1.15. The number of aryl methyl sites for hydroxylation is 1. The van der Waals surface area contributed by atoms with Gasteiger partial charge in [-0.15, -0.1) is 0 Å². The van der Waals surface area contributed by atoms with Crippen LogP contribution in [0.3, 0.4) is 0 Å². The Hall–Kier alpha value is -1.78. The smallest absolute Gasteiger partial charge is 0.311 e. The molecule has 1 aromatic heterocycles. The van der Waals surface area contributed by atoms with Gasteiger partial charge in [0.1, 0.15) is 12.2 Å². The third-order valence-corrected chi connectivity index (χ3v) is 3.96. The largest absolute Gasteiger partial charge is 0.481 e. The van der Waals surface area contributed by atoms with E-state index in [1.807, 2.05) is 4.90 Å². The Balaban J connectivity index is 2.20. The third-order valence-electron chi connectivity index (χ3n) is 3.96. The number of carbonyl (C=O) groups is 2. The predicted octanol–water partition coefficient (Wildman–Crippen LogP) is 2.48. The Morgan fingerprint density at radius 3 is 2.90 bits per heavy atom. The van der Waals surface area contributed by atoms with E-state index in [4.69, 9.17) is 9.52 Å². The summed E-state index contributed by atoms with van der Waals surface area (Å²) < 4.78 is 5.24. The van der Waals surface area contributed by atoms with Gasteiger partial charge in [0, 0.05) is 18.7 Å². The van der Waals surface area contributed by atoms with Crippen LogP contribution in [0, 0.1) is 12.8 Å². The summed E-state index contributed by atoms with van der Waals surface area (Å²) in [6.07, 6.45) is 4.45. The minimum absolute atomic E-state index is 0.0920. The van der Waals surface area contributed by atoms with Crippen molar-refractivity contribution < 1.29 is 19.1 Å². The van der Waals surface area contributed by atoms with E-state index >= 15 is 0 Å². The lowest BCUT2D eigenvalue weighted by Gasteiger charge is -2.32. The fraction of sp³-hybridized carbons (Fsp3) is 0.600. The lowest BCUT2D eigenvalue weighted by Crippen LogP contribution is -2.40. The van der Waals surface area contributed by atoms with Gasteiger partial charge in [-0.05, 0) is 25.7 Å². The first-order valence-electron chi connectivity index (χ1n) is 7.11. The third kappa shape index (κ3) is 3.03. The number of hydrogen-bond acceptors (Lipinski definition) is 3. The number of amides is 1. The van der Waals surface area contributed by atoms with Gasteiger partial charge in [0.25, 0.3) is 5.91 Å². The minimum atomic E-state index is -0.988. The molecule has 1 N–H and O–H groups in total. The number of carbonyl (C=O) groups excluding carboxylic acids is 1. The van der Waals surface area contributed by atoms with Crippen molar-refractivity contribution in [1.82, 2.24) is 4.90 Å². The highest BCUT2D eigenvalue weighted by Crippen LogP contribution is 2.24. The molecule has 1 aliphatic heterocycles. The topological polar surface area (TPSA) is 70.8 Å². The molecule has 0 radical (unpaired) electrons. The normalized spacial score (nSPS) is 19.1. The average Bonchev–Trinajstić information content (AvgIpc) is 2.78. The predicted molar refractivity (Wildman–Crippen MR) is 73.7 cm³/mol. The molecule has 2 heterocycles. The molecule has 0 saturated carbocycles. The molecular formula is C15H21NO4. The zero-order valence-corrected chi connectivity index (χ0v) is 12.0. The molecule has 1 atom stereocenters. The van der Waals surface area contributed by atoms with E-state index in [1.54, 1.807) is 6.92 Å².